The van der Waals surface area contributed by atoms with Gasteiger partial charge in [0.25, 0.3) is 15.8 Å². The van der Waals surface area contributed by atoms with Gasteiger partial charge in [-0.05, 0) is 25.8 Å². The van der Waals surface area contributed by atoms with Crippen molar-refractivity contribution in [2.45, 2.75) is 30.0 Å². The summed E-state index contributed by atoms with van der Waals surface area (Å²) < 4.78 is 30.0. The summed E-state index contributed by atoms with van der Waals surface area (Å²) in [4.78, 5) is 13.3. The smallest absolute Gasteiger partial charge is 0.270 e. The van der Waals surface area contributed by atoms with Gasteiger partial charge in [-0.2, -0.15) is 8.42 Å². The molecule has 1 aromatic carbocycles. The average molecular weight is 332 g/mol. The van der Waals surface area contributed by atoms with Gasteiger partial charge in [-0.1, -0.05) is 11.8 Å². The Hall–Kier alpha value is -1.32. The number of non-ortho nitro benzene ring substituents is 1. The third-order valence-corrected chi connectivity index (χ3v) is 5.23. The van der Waals surface area contributed by atoms with Crippen LogP contribution in [0.1, 0.15) is 19.8 Å². The number of rotatable bonds is 6. The Kier molecular flexibility index (Phi) is 4.74. The van der Waals surface area contributed by atoms with Crippen molar-refractivity contribution in [3.63, 3.8) is 0 Å². The van der Waals surface area contributed by atoms with Crippen LogP contribution in [-0.2, 0) is 10.1 Å². The molecule has 1 aromatic rings. The first-order chi connectivity index (χ1) is 9.78. The maximum atomic E-state index is 10.8. The first-order valence-electron chi connectivity index (χ1n) is 6.45. The number of nitro groups is 1. The highest BCUT2D eigenvalue weighted by atomic mass is 32.2. The minimum atomic E-state index is -3.91. The highest BCUT2D eigenvalue weighted by Crippen LogP contribution is 2.44. The molecule has 0 spiro atoms. The molecular formula is C12H16N2O5S2. The zero-order chi connectivity index (χ0) is 15.6. The fourth-order valence-electron chi connectivity index (χ4n) is 2.26. The molecule has 9 heteroatoms. The second kappa shape index (κ2) is 6.20. The van der Waals surface area contributed by atoms with Crippen molar-refractivity contribution in [3.05, 3.63) is 28.3 Å². The minimum absolute atomic E-state index is 0.0710. The summed E-state index contributed by atoms with van der Waals surface area (Å²) in [5, 5.41) is 10.9. The van der Waals surface area contributed by atoms with E-state index >= 15 is 0 Å². The zero-order valence-electron chi connectivity index (χ0n) is 11.4. The van der Waals surface area contributed by atoms with E-state index < -0.39 is 15.0 Å². The Labute approximate surface area is 127 Å². The molecule has 0 fully saturated rings. The van der Waals surface area contributed by atoms with Crippen molar-refractivity contribution in [2.75, 3.05) is 17.2 Å². The van der Waals surface area contributed by atoms with E-state index in [-0.39, 0.29) is 16.8 Å². The highest BCUT2D eigenvalue weighted by Gasteiger charge is 2.28. The maximum Gasteiger partial charge on any atom is 0.270 e. The molecule has 0 saturated carbocycles. The molecule has 1 aliphatic heterocycles. The van der Waals surface area contributed by atoms with E-state index in [1.165, 1.54) is 6.07 Å². The largest absolute Gasteiger partial charge is 0.359 e. The summed E-state index contributed by atoms with van der Waals surface area (Å²) in [5.74, 6) is -0.241. The van der Waals surface area contributed by atoms with E-state index in [1.807, 2.05) is 6.92 Å². The molecule has 0 aliphatic carbocycles. The van der Waals surface area contributed by atoms with Crippen LogP contribution in [0.4, 0.5) is 11.4 Å². The third-order valence-electron chi connectivity index (χ3n) is 3.25. The minimum Gasteiger partial charge on any atom is -0.359 e. The van der Waals surface area contributed by atoms with Crippen LogP contribution in [0.5, 0.6) is 0 Å². The van der Waals surface area contributed by atoms with Gasteiger partial charge in [-0.15, -0.1) is 0 Å². The quantitative estimate of drug-likeness (QED) is 0.370. The summed E-state index contributed by atoms with van der Waals surface area (Å²) in [6.07, 6.45) is 1.01. The fraction of sp³-hybridized carbons (Fsp3) is 0.500. The molecule has 0 radical (unpaired) electrons. The van der Waals surface area contributed by atoms with Crippen LogP contribution in [-0.4, -0.2) is 35.6 Å². The molecule has 1 atom stereocenters. The van der Waals surface area contributed by atoms with Crippen molar-refractivity contribution in [1.29, 1.82) is 0 Å². The summed E-state index contributed by atoms with van der Waals surface area (Å²) in [7, 11) is -3.91. The van der Waals surface area contributed by atoms with Crippen molar-refractivity contribution in [2.24, 2.45) is 0 Å². The maximum absolute atomic E-state index is 10.8. The monoisotopic (exact) mass is 332 g/mol. The topological polar surface area (TPSA) is 101 Å². The fourth-order valence-corrected chi connectivity index (χ4v) is 4.04. The van der Waals surface area contributed by atoms with Gasteiger partial charge < -0.3 is 4.90 Å². The lowest BCUT2D eigenvalue weighted by Gasteiger charge is -2.23. The standard InChI is InChI=1S/C12H16N2O5S2/c1-9-13(6-2-3-7-21(17,18)19)11-5-4-10(14(15)16)8-12(11)20-9/h4-5,8-9H,2-3,6-7H2,1H3,(H,17,18,19). The Bertz CT molecular complexity index is 647. The Morgan fingerprint density at radius 1 is 1.43 bits per heavy atom. The molecule has 1 heterocycles. The molecule has 7 nitrogen and oxygen atoms in total. The Morgan fingerprint density at radius 2 is 2.14 bits per heavy atom. The van der Waals surface area contributed by atoms with E-state index in [0.29, 0.717) is 19.4 Å². The predicted octanol–water partition coefficient (Wildman–Crippen LogP) is 2.52. The van der Waals surface area contributed by atoms with Crippen LogP contribution in [0.3, 0.4) is 0 Å². The molecule has 1 N–H and O–H groups in total. The molecular weight excluding hydrogens is 316 g/mol. The van der Waals surface area contributed by atoms with E-state index in [2.05, 4.69) is 4.90 Å². The van der Waals surface area contributed by atoms with Gasteiger partial charge in [0.1, 0.15) is 0 Å². The summed E-state index contributed by atoms with van der Waals surface area (Å²) in [5.41, 5.74) is 1.01. The second-order valence-corrected chi connectivity index (χ2v) is 7.74. The number of nitrogens with zero attached hydrogens (tertiary/aromatic N) is 2. The van der Waals surface area contributed by atoms with Gasteiger partial charge in [-0.25, -0.2) is 0 Å². The Morgan fingerprint density at radius 3 is 2.76 bits per heavy atom. The normalized spacial score (nSPS) is 17.8. The number of anilines is 1. The lowest BCUT2D eigenvalue weighted by atomic mass is 10.2. The molecule has 116 valence electrons. The van der Waals surface area contributed by atoms with Crippen molar-refractivity contribution in [1.82, 2.24) is 0 Å². The molecule has 21 heavy (non-hydrogen) atoms. The number of nitro benzene ring substituents is 1. The van der Waals surface area contributed by atoms with Crippen LogP contribution >= 0.6 is 11.8 Å². The van der Waals surface area contributed by atoms with Crippen molar-refractivity contribution < 1.29 is 17.9 Å². The highest BCUT2D eigenvalue weighted by molar-refractivity contribution is 8.00. The van der Waals surface area contributed by atoms with Crippen LogP contribution < -0.4 is 4.90 Å². The molecule has 0 amide bonds. The lowest BCUT2D eigenvalue weighted by Crippen LogP contribution is -2.28. The van der Waals surface area contributed by atoms with E-state index in [1.54, 1.807) is 23.9 Å². The van der Waals surface area contributed by atoms with E-state index in [0.717, 1.165) is 10.6 Å². The summed E-state index contributed by atoms with van der Waals surface area (Å²) in [6, 6.07) is 4.77. The number of unbranched alkanes of at least 4 members (excludes halogenated alkanes) is 1. The third kappa shape index (κ3) is 4.08. The van der Waals surface area contributed by atoms with Gasteiger partial charge in [0.15, 0.2) is 0 Å². The second-order valence-electron chi connectivity index (χ2n) is 4.81. The summed E-state index contributed by atoms with van der Waals surface area (Å²) in [6.45, 7) is 2.65. The number of benzene rings is 1. The molecule has 2 rings (SSSR count). The zero-order valence-corrected chi connectivity index (χ0v) is 13.1. The van der Waals surface area contributed by atoms with Crippen LogP contribution in [0, 0.1) is 10.1 Å². The van der Waals surface area contributed by atoms with E-state index in [9.17, 15) is 18.5 Å². The lowest BCUT2D eigenvalue weighted by molar-refractivity contribution is -0.385. The van der Waals surface area contributed by atoms with Gasteiger partial charge >= 0.3 is 0 Å². The molecule has 0 aromatic heterocycles. The first kappa shape index (κ1) is 16.1. The van der Waals surface area contributed by atoms with Crippen LogP contribution in [0.2, 0.25) is 0 Å². The van der Waals surface area contributed by atoms with Crippen molar-refractivity contribution >= 4 is 33.3 Å². The Balaban J connectivity index is 2.02. The summed E-state index contributed by atoms with van der Waals surface area (Å²) >= 11 is 1.55. The predicted molar refractivity (Wildman–Crippen MR) is 81.4 cm³/mol. The molecule has 1 aliphatic rings. The van der Waals surface area contributed by atoms with Crippen LogP contribution in [0.15, 0.2) is 23.1 Å². The number of fused-ring (bicyclic) bond motifs is 1. The van der Waals surface area contributed by atoms with E-state index in [4.69, 9.17) is 4.55 Å². The SMILES string of the molecule is CC1Sc2cc([N+](=O)[O-])ccc2N1CCCCS(=O)(=O)O. The molecule has 0 saturated heterocycles. The number of thioether (sulfide) groups is 1. The van der Waals surface area contributed by atoms with Gasteiger partial charge in [0.2, 0.25) is 0 Å². The number of hydrogen-bond acceptors (Lipinski definition) is 6. The van der Waals surface area contributed by atoms with Gasteiger partial charge in [0.05, 0.1) is 21.7 Å². The first-order valence-corrected chi connectivity index (χ1v) is 8.94. The van der Waals surface area contributed by atoms with Crippen molar-refractivity contribution in [3.8, 4) is 0 Å². The number of hydrogen-bond donors (Lipinski definition) is 1. The average Bonchev–Trinajstić information content (AvgIpc) is 2.68. The molecule has 1 unspecified atom stereocenters. The van der Waals surface area contributed by atoms with Gasteiger partial charge in [-0.3, -0.25) is 14.7 Å². The van der Waals surface area contributed by atoms with Crippen LogP contribution in [0.25, 0.3) is 0 Å². The molecule has 0 bridgehead atoms. The van der Waals surface area contributed by atoms with Gasteiger partial charge in [0, 0.05) is 23.6 Å².